The van der Waals surface area contributed by atoms with Crippen molar-refractivity contribution in [2.45, 2.75) is 94.0 Å². The van der Waals surface area contributed by atoms with Crippen LogP contribution >= 0.6 is 0 Å². The first-order valence-corrected chi connectivity index (χ1v) is 8.29. The van der Waals surface area contributed by atoms with Crippen molar-refractivity contribution in [2.24, 2.45) is 17.8 Å². The summed E-state index contributed by atoms with van der Waals surface area (Å²) in [7, 11) is 0. The molecule has 21 heavy (non-hydrogen) atoms. The molecular weight excluding hydrogens is 264 g/mol. The van der Waals surface area contributed by atoms with E-state index < -0.39 is 5.60 Å². The van der Waals surface area contributed by atoms with Crippen LogP contribution in [-0.2, 0) is 4.74 Å². The van der Waals surface area contributed by atoms with Crippen molar-refractivity contribution in [1.82, 2.24) is 0 Å². The van der Waals surface area contributed by atoms with Crippen molar-refractivity contribution < 1.29 is 14.9 Å². The molecule has 0 spiro atoms. The van der Waals surface area contributed by atoms with E-state index in [-0.39, 0.29) is 6.10 Å². The van der Waals surface area contributed by atoms with E-state index in [4.69, 9.17) is 14.9 Å². The molecule has 0 aromatic rings. The minimum Gasteiger partial charge on any atom is -0.393 e. The molecule has 0 fully saturated rings. The van der Waals surface area contributed by atoms with E-state index >= 15 is 0 Å². The average Bonchev–Trinajstić information content (AvgIpc) is 2.29. The third-order valence-electron chi connectivity index (χ3n) is 3.75. The Bertz CT molecular complexity index is 197. The summed E-state index contributed by atoms with van der Waals surface area (Å²) in [6, 6.07) is 0. The second kappa shape index (κ2) is 13.5. The van der Waals surface area contributed by atoms with Gasteiger partial charge < -0.3 is 14.9 Å². The van der Waals surface area contributed by atoms with Crippen molar-refractivity contribution in [3.63, 3.8) is 0 Å². The normalized spacial score (nSPS) is 14.3. The summed E-state index contributed by atoms with van der Waals surface area (Å²) >= 11 is 0. The Morgan fingerprint density at radius 3 is 1.19 bits per heavy atom. The molecule has 0 bridgehead atoms. The van der Waals surface area contributed by atoms with E-state index in [2.05, 4.69) is 20.8 Å². The summed E-state index contributed by atoms with van der Waals surface area (Å²) in [5.41, 5.74) is -0.500. The van der Waals surface area contributed by atoms with Crippen molar-refractivity contribution in [3.05, 3.63) is 0 Å². The van der Waals surface area contributed by atoms with Gasteiger partial charge in [-0.3, -0.25) is 0 Å². The van der Waals surface area contributed by atoms with Crippen LogP contribution in [0.3, 0.4) is 0 Å². The van der Waals surface area contributed by atoms with Crippen LogP contribution in [0.4, 0.5) is 0 Å². The molecule has 0 saturated heterocycles. The summed E-state index contributed by atoms with van der Waals surface area (Å²) in [6.45, 7) is 22.7. The molecule has 3 nitrogen and oxygen atoms in total. The maximum absolute atomic E-state index is 9.09. The van der Waals surface area contributed by atoms with Crippen LogP contribution in [0.5, 0.6) is 0 Å². The molecule has 2 unspecified atom stereocenters. The Kier molecular flexibility index (Phi) is 16.6. The van der Waals surface area contributed by atoms with E-state index in [1.807, 2.05) is 48.5 Å². The van der Waals surface area contributed by atoms with Crippen LogP contribution in [0.15, 0.2) is 0 Å². The van der Waals surface area contributed by atoms with Gasteiger partial charge in [0.1, 0.15) is 0 Å². The zero-order chi connectivity index (χ0) is 17.8. The van der Waals surface area contributed by atoms with Crippen LogP contribution in [-0.4, -0.2) is 34.6 Å². The largest absolute Gasteiger partial charge is 0.393 e. The maximum atomic E-state index is 9.09. The van der Waals surface area contributed by atoms with Gasteiger partial charge in [-0.2, -0.15) is 0 Å². The summed E-state index contributed by atoms with van der Waals surface area (Å²) in [5, 5.41) is 17.7. The molecule has 0 radical (unpaired) electrons. The summed E-state index contributed by atoms with van der Waals surface area (Å²) in [5.74, 6) is 1.41. The topological polar surface area (TPSA) is 49.7 Å². The zero-order valence-corrected chi connectivity index (χ0v) is 16.4. The smallest absolute Gasteiger partial charge is 0.0614 e. The average molecular weight is 307 g/mol. The van der Waals surface area contributed by atoms with Gasteiger partial charge in [-0.05, 0) is 52.4 Å². The highest BCUT2D eigenvalue weighted by molar-refractivity contribution is 4.68. The molecule has 0 amide bonds. The van der Waals surface area contributed by atoms with Gasteiger partial charge in [0.25, 0.3) is 0 Å². The zero-order valence-electron chi connectivity index (χ0n) is 16.4. The Labute approximate surface area is 134 Å². The van der Waals surface area contributed by atoms with Crippen molar-refractivity contribution in [1.29, 1.82) is 0 Å². The van der Waals surface area contributed by atoms with Gasteiger partial charge in [0.15, 0.2) is 0 Å². The van der Waals surface area contributed by atoms with Gasteiger partial charge in [-0.25, -0.2) is 0 Å². The van der Waals surface area contributed by atoms with Gasteiger partial charge in [-0.15, -0.1) is 0 Å². The predicted octanol–water partition coefficient (Wildman–Crippen LogP) is 4.50. The Morgan fingerprint density at radius 2 is 1.14 bits per heavy atom. The summed E-state index contributed by atoms with van der Waals surface area (Å²) in [4.78, 5) is 0. The van der Waals surface area contributed by atoms with Crippen molar-refractivity contribution in [3.8, 4) is 0 Å². The SMILES string of the molecule is CC(C)C(C)(C)O.CC(C)C(C)O.CCOC(C)C(C)C. The maximum Gasteiger partial charge on any atom is 0.0614 e. The van der Waals surface area contributed by atoms with Gasteiger partial charge in [0.2, 0.25) is 0 Å². The van der Waals surface area contributed by atoms with E-state index in [1.54, 1.807) is 6.92 Å². The van der Waals surface area contributed by atoms with Gasteiger partial charge >= 0.3 is 0 Å². The molecule has 0 rings (SSSR count). The molecule has 0 aliphatic rings. The fourth-order valence-electron chi connectivity index (χ4n) is 0.455. The highest BCUT2D eigenvalue weighted by Crippen LogP contribution is 2.13. The predicted molar refractivity (Wildman–Crippen MR) is 93.6 cm³/mol. The lowest BCUT2D eigenvalue weighted by atomic mass is 9.95. The first-order valence-electron chi connectivity index (χ1n) is 8.29. The second-order valence-electron chi connectivity index (χ2n) is 7.20. The molecule has 0 aromatic carbocycles. The number of rotatable bonds is 5. The minimum absolute atomic E-state index is 0.148. The molecule has 0 aromatic heterocycles. The number of aliphatic hydroxyl groups excluding tert-OH is 1. The molecule has 2 N–H and O–H groups in total. The quantitative estimate of drug-likeness (QED) is 0.786. The number of hydrogen-bond acceptors (Lipinski definition) is 3. The fourth-order valence-corrected chi connectivity index (χ4v) is 0.455. The number of hydrogen-bond donors (Lipinski definition) is 2. The fraction of sp³-hybridized carbons (Fsp3) is 1.00. The van der Waals surface area contributed by atoms with E-state index in [0.29, 0.717) is 23.9 Å². The van der Waals surface area contributed by atoms with E-state index in [0.717, 1.165) is 6.61 Å². The molecular formula is C18H42O3. The van der Waals surface area contributed by atoms with Crippen LogP contribution in [0.2, 0.25) is 0 Å². The Morgan fingerprint density at radius 1 is 0.857 bits per heavy atom. The van der Waals surface area contributed by atoms with Gasteiger partial charge in [-0.1, -0.05) is 41.5 Å². The van der Waals surface area contributed by atoms with Gasteiger partial charge in [0.05, 0.1) is 17.8 Å². The number of aliphatic hydroxyl groups is 2. The first kappa shape index (κ1) is 25.8. The van der Waals surface area contributed by atoms with Crippen LogP contribution in [0.25, 0.3) is 0 Å². The molecule has 0 aliphatic carbocycles. The highest BCUT2D eigenvalue weighted by Gasteiger charge is 2.16. The molecule has 0 heterocycles. The lowest BCUT2D eigenvalue weighted by Gasteiger charge is -2.21. The Hall–Kier alpha value is -0.120. The summed E-state index contributed by atoms with van der Waals surface area (Å²) in [6.07, 6.45) is 0.269. The van der Waals surface area contributed by atoms with Crippen LogP contribution in [0.1, 0.15) is 76.2 Å². The lowest BCUT2D eigenvalue weighted by Crippen LogP contribution is -2.25. The van der Waals surface area contributed by atoms with E-state index in [1.165, 1.54) is 0 Å². The number of ether oxygens (including phenoxy) is 1. The van der Waals surface area contributed by atoms with Crippen molar-refractivity contribution in [2.75, 3.05) is 6.61 Å². The third kappa shape index (κ3) is 22.3. The first-order chi connectivity index (χ1) is 9.27. The van der Waals surface area contributed by atoms with Crippen LogP contribution < -0.4 is 0 Å². The molecule has 2 atom stereocenters. The monoisotopic (exact) mass is 306 g/mol. The standard InChI is InChI=1S/C7H16O.C6H14O.C5H12O/c1-5-8-7(4)6(2)3;1-5(2)6(3,4)7;1-4(2)5(3)6/h6-7H,5H2,1-4H3;5,7H,1-4H3;4-6H,1-3H3. The highest BCUT2D eigenvalue weighted by atomic mass is 16.5. The van der Waals surface area contributed by atoms with Gasteiger partial charge in [0, 0.05) is 6.61 Å². The second-order valence-corrected chi connectivity index (χ2v) is 7.20. The summed E-state index contributed by atoms with van der Waals surface area (Å²) < 4.78 is 5.30. The van der Waals surface area contributed by atoms with E-state index in [9.17, 15) is 0 Å². The Balaban J connectivity index is -0.000000234. The molecule has 3 heteroatoms. The molecule has 0 aliphatic heterocycles. The van der Waals surface area contributed by atoms with Crippen LogP contribution in [0, 0.1) is 17.8 Å². The van der Waals surface area contributed by atoms with Crippen molar-refractivity contribution >= 4 is 0 Å². The molecule has 0 saturated carbocycles. The molecule has 132 valence electrons. The third-order valence-corrected chi connectivity index (χ3v) is 3.75. The minimum atomic E-state index is -0.500. The lowest BCUT2D eigenvalue weighted by molar-refractivity contribution is 0.0327.